The second kappa shape index (κ2) is 7.90. The first-order chi connectivity index (χ1) is 12.1. The number of carbonyl (C=O) groups is 2. The fourth-order valence-corrected chi connectivity index (χ4v) is 2.69. The number of halogens is 1. The van der Waals surface area contributed by atoms with Crippen molar-refractivity contribution in [1.82, 2.24) is 10.9 Å². The molecule has 0 saturated heterocycles. The van der Waals surface area contributed by atoms with Gasteiger partial charge in [0, 0.05) is 12.0 Å². The van der Waals surface area contributed by atoms with Crippen LogP contribution in [0.1, 0.15) is 22.3 Å². The van der Waals surface area contributed by atoms with Crippen molar-refractivity contribution in [2.45, 2.75) is 12.8 Å². The van der Waals surface area contributed by atoms with Gasteiger partial charge in [0.1, 0.15) is 0 Å². The Labute approximate surface area is 150 Å². The van der Waals surface area contributed by atoms with Crippen molar-refractivity contribution in [2.75, 3.05) is 13.2 Å². The molecule has 6 nitrogen and oxygen atoms in total. The third-order valence-corrected chi connectivity index (χ3v) is 3.86. The van der Waals surface area contributed by atoms with Crippen molar-refractivity contribution in [3.05, 3.63) is 58.6 Å². The van der Waals surface area contributed by atoms with Gasteiger partial charge in [-0.3, -0.25) is 20.4 Å². The first-order valence-corrected chi connectivity index (χ1v) is 8.23. The zero-order valence-corrected chi connectivity index (χ0v) is 14.1. The summed E-state index contributed by atoms with van der Waals surface area (Å²) in [6, 6.07) is 12.0. The van der Waals surface area contributed by atoms with Crippen LogP contribution in [0.15, 0.2) is 42.5 Å². The van der Waals surface area contributed by atoms with Gasteiger partial charge < -0.3 is 9.47 Å². The Morgan fingerprint density at radius 3 is 2.60 bits per heavy atom. The molecule has 7 heteroatoms. The molecule has 130 valence electrons. The molecule has 0 atom stereocenters. The van der Waals surface area contributed by atoms with Gasteiger partial charge in [-0.2, -0.15) is 0 Å². The minimum Gasteiger partial charge on any atom is -0.489 e. The quantitative estimate of drug-likeness (QED) is 0.824. The van der Waals surface area contributed by atoms with Gasteiger partial charge in [0.25, 0.3) is 5.91 Å². The molecule has 2 aromatic rings. The van der Waals surface area contributed by atoms with Crippen LogP contribution < -0.4 is 20.3 Å². The predicted octanol–water partition coefficient (Wildman–Crippen LogP) is 2.50. The molecule has 2 aromatic carbocycles. The number of ether oxygens (including phenoxy) is 2. The summed E-state index contributed by atoms with van der Waals surface area (Å²) in [4.78, 5) is 24.0. The van der Waals surface area contributed by atoms with Crippen LogP contribution in [0.3, 0.4) is 0 Å². The van der Waals surface area contributed by atoms with E-state index in [-0.39, 0.29) is 18.2 Å². The van der Waals surface area contributed by atoms with E-state index in [9.17, 15) is 9.59 Å². The lowest BCUT2D eigenvalue weighted by Gasteiger charge is -2.12. The molecule has 1 heterocycles. The standard InChI is InChI=1S/C18H17ClN2O4/c19-14-9-12(10-15-17(14)25-8-4-7-24-15)11-16(22)20-21-18(23)13-5-2-1-3-6-13/h1-3,5-6,9-10H,4,7-8,11H2,(H,20,22)(H,21,23). The smallest absolute Gasteiger partial charge is 0.269 e. The SMILES string of the molecule is O=C(Cc1cc(Cl)c2c(c1)OCCCO2)NNC(=O)c1ccccc1. The van der Waals surface area contributed by atoms with Crippen LogP contribution in [0.2, 0.25) is 5.02 Å². The highest BCUT2D eigenvalue weighted by molar-refractivity contribution is 6.32. The lowest BCUT2D eigenvalue weighted by atomic mass is 10.1. The van der Waals surface area contributed by atoms with E-state index < -0.39 is 0 Å². The molecule has 3 rings (SSSR count). The predicted molar refractivity (Wildman–Crippen MR) is 92.8 cm³/mol. The number of amides is 2. The third-order valence-electron chi connectivity index (χ3n) is 3.58. The summed E-state index contributed by atoms with van der Waals surface area (Å²) in [5, 5.41) is 0.399. The van der Waals surface area contributed by atoms with E-state index in [1.54, 1.807) is 36.4 Å². The Balaban J connectivity index is 1.60. The maximum atomic E-state index is 12.1. The Hall–Kier alpha value is -2.73. The molecule has 25 heavy (non-hydrogen) atoms. The molecule has 0 aliphatic carbocycles. The lowest BCUT2D eigenvalue weighted by molar-refractivity contribution is -0.121. The highest BCUT2D eigenvalue weighted by Gasteiger charge is 2.17. The minimum atomic E-state index is -0.384. The zero-order chi connectivity index (χ0) is 17.6. The summed E-state index contributed by atoms with van der Waals surface area (Å²) in [7, 11) is 0. The average molecular weight is 361 g/mol. The van der Waals surface area contributed by atoms with E-state index in [1.165, 1.54) is 0 Å². The fourth-order valence-electron chi connectivity index (χ4n) is 2.40. The molecule has 1 aliphatic heterocycles. The van der Waals surface area contributed by atoms with E-state index in [2.05, 4.69) is 10.9 Å². The molecule has 2 amide bonds. The molecule has 0 saturated carbocycles. The molecule has 0 bridgehead atoms. The Morgan fingerprint density at radius 1 is 1.04 bits per heavy atom. The van der Waals surface area contributed by atoms with Crippen molar-refractivity contribution in [3.8, 4) is 11.5 Å². The van der Waals surface area contributed by atoms with Crippen molar-refractivity contribution < 1.29 is 19.1 Å². The maximum absolute atomic E-state index is 12.1. The van der Waals surface area contributed by atoms with Gasteiger partial charge in [-0.1, -0.05) is 29.8 Å². The molecule has 0 fully saturated rings. The number of fused-ring (bicyclic) bond motifs is 1. The van der Waals surface area contributed by atoms with Gasteiger partial charge in [-0.25, -0.2) is 0 Å². The number of rotatable bonds is 3. The summed E-state index contributed by atoms with van der Waals surface area (Å²) < 4.78 is 11.1. The van der Waals surface area contributed by atoms with Crippen LogP contribution in [-0.2, 0) is 11.2 Å². The normalized spacial score (nSPS) is 12.8. The minimum absolute atomic E-state index is 0.0471. The van der Waals surface area contributed by atoms with Gasteiger partial charge in [0.05, 0.1) is 24.7 Å². The van der Waals surface area contributed by atoms with Crippen molar-refractivity contribution in [3.63, 3.8) is 0 Å². The summed E-state index contributed by atoms with van der Waals surface area (Å²) >= 11 is 6.20. The third kappa shape index (κ3) is 4.42. The van der Waals surface area contributed by atoms with Gasteiger partial charge in [0.15, 0.2) is 11.5 Å². The van der Waals surface area contributed by atoms with Gasteiger partial charge in [-0.15, -0.1) is 0 Å². The molecule has 0 spiro atoms. The Kier molecular flexibility index (Phi) is 5.40. The van der Waals surface area contributed by atoms with E-state index in [4.69, 9.17) is 21.1 Å². The number of nitrogens with one attached hydrogen (secondary N) is 2. The van der Waals surface area contributed by atoms with Crippen molar-refractivity contribution >= 4 is 23.4 Å². The van der Waals surface area contributed by atoms with Gasteiger partial charge in [0.2, 0.25) is 5.91 Å². The molecule has 0 aromatic heterocycles. The van der Waals surface area contributed by atoms with Crippen LogP contribution in [-0.4, -0.2) is 25.0 Å². The van der Waals surface area contributed by atoms with E-state index in [0.717, 1.165) is 6.42 Å². The van der Waals surface area contributed by atoms with E-state index in [0.29, 0.717) is 40.9 Å². The van der Waals surface area contributed by atoms with Crippen LogP contribution in [0.25, 0.3) is 0 Å². The highest BCUT2D eigenvalue weighted by Crippen LogP contribution is 2.38. The summed E-state index contributed by atoms with van der Waals surface area (Å²) in [6.07, 6.45) is 0.817. The fraction of sp³-hybridized carbons (Fsp3) is 0.222. The topological polar surface area (TPSA) is 76.7 Å². The number of hydrazine groups is 1. The number of hydrogen-bond donors (Lipinski definition) is 2. The number of hydrogen-bond acceptors (Lipinski definition) is 4. The summed E-state index contributed by atoms with van der Waals surface area (Å²) in [5.41, 5.74) is 5.89. The first kappa shape index (κ1) is 17.1. The number of benzene rings is 2. The van der Waals surface area contributed by atoms with Crippen LogP contribution in [0.4, 0.5) is 0 Å². The Bertz CT molecular complexity index is 780. The number of carbonyl (C=O) groups excluding carboxylic acids is 2. The van der Waals surface area contributed by atoms with Crippen LogP contribution in [0.5, 0.6) is 11.5 Å². The van der Waals surface area contributed by atoms with Crippen LogP contribution >= 0.6 is 11.6 Å². The zero-order valence-electron chi connectivity index (χ0n) is 13.4. The Morgan fingerprint density at radius 2 is 1.80 bits per heavy atom. The molecule has 1 aliphatic rings. The molecular formula is C18H17ClN2O4. The second-order valence-corrected chi connectivity index (χ2v) is 5.91. The van der Waals surface area contributed by atoms with Gasteiger partial charge in [-0.05, 0) is 29.8 Å². The van der Waals surface area contributed by atoms with Crippen molar-refractivity contribution in [1.29, 1.82) is 0 Å². The van der Waals surface area contributed by atoms with Crippen LogP contribution in [0, 0.1) is 0 Å². The van der Waals surface area contributed by atoms with E-state index in [1.807, 2.05) is 6.07 Å². The lowest BCUT2D eigenvalue weighted by Crippen LogP contribution is -2.42. The van der Waals surface area contributed by atoms with Crippen molar-refractivity contribution in [2.24, 2.45) is 0 Å². The molecular weight excluding hydrogens is 344 g/mol. The highest BCUT2D eigenvalue weighted by atomic mass is 35.5. The average Bonchev–Trinajstić information content (AvgIpc) is 2.86. The largest absolute Gasteiger partial charge is 0.489 e. The molecule has 0 unspecified atom stereocenters. The maximum Gasteiger partial charge on any atom is 0.269 e. The summed E-state index contributed by atoms with van der Waals surface area (Å²) in [6.45, 7) is 1.07. The molecule has 2 N–H and O–H groups in total. The summed E-state index contributed by atoms with van der Waals surface area (Å²) in [5.74, 6) is 0.280. The first-order valence-electron chi connectivity index (χ1n) is 7.86. The molecule has 0 radical (unpaired) electrons. The van der Waals surface area contributed by atoms with Gasteiger partial charge >= 0.3 is 0 Å². The van der Waals surface area contributed by atoms with E-state index >= 15 is 0 Å². The monoisotopic (exact) mass is 360 g/mol. The second-order valence-electron chi connectivity index (χ2n) is 5.50.